The lowest BCUT2D eigenvalue weighted by atomic mass is 9.81. The van der Waals surface area contributed by atoms with Crippen LogP contribution < -0.4 is 17.2 Å². The number of nitrogens with two attached hydrogens (primary N) is 3. The SMILES string of the molecule is C#CC#CC#CC(CCN)(CCN)C(N)=O. The molecule has 0 aliphatic carbocycles. The molecule has 0 fully saturated rings. The molecule has 0 rings (SSSR count). The van der Waals surface area contributed by atoms with Gasteiger partial charge in [0, 0.05) is 0 Å². The van der Waals surface area contributed by atoms with Crippen LogP contribution in [0.4, 0.5) is 0 Å². The second-order valence-electron chi connectivity index (χ2n) is 3.17. The normalized spacial score (nSPS) is 9.06. The molecule has 16 heavy (non-hydrogen) atoms. The Balaban J connectivity index is 5.08. The van der Waals surface area contributed by atoms with E-state index < -0.39 is 11.3 Å². The topological polar surface area (TPSA) is 95.1 Å². The Hall–Kier alpha value is -1.93. The van der Waals surface area contributed by atoms with E-state index in [1.54, 1.807) is 0 Å². The number of primary amides is 1. The van der Waals surface area contributed by atoms with Crippen molar-refractivity contribution in [2.45, 2.75) is 12.8 Å². The Morgan fingerprint density at radius 2 is 1.69 bits per heavy atom. The third-order valence-electron chi connectivity index (χ3n) is 2.11. The number of carbonyl (C=O) groups excluding carboxylic acids is 1. The number of rotatable bonds is 5. The van der Waals surface area contributed by atoms with Gasteiger partial charge in [0.2, 0.25) is 5.91 Å². The van der Waals surface area contributed by atoms with Crippen LogP contribution in [-0.4, -0.2) is 19.0 Å². The van der Waals surface area contributed by atoms with E-state index in [0.29, 0.717) is 25.9 Å². The molecule has 0 bridgehead atoms. The van der Waals surface area contributed by atoms with Crippen LogP contribution in [-0.2, 0) is 4.79 Å². The molecule has 0 aromatic carbocycles. The standard InChI is InChI=1S/C12H15N3O/c1-2-3-4-5-6-12(7-9-13,8-10-14)11(15)16/h1H,7-10,13-14H2,(H2,15,16). The lowest BCUT2D eigenvalue weighted by molar-refractivity contribution is -0.125. The first-order chi connectivity index (χ1) is 7.63. The first kappa shape index (κ1) is 14.1. The number of terminal acetylenes is 1. The van der Waals surface area contributed by atoms with Crippen molar-refractivity contribution < 1.29 is 4.79 Å². The summed E-state index contributed by atoms with van der Waals surface area (Å²) in [5, 5.41) is 0. The molecule has 4 nitrogen and oxygen atoms in total. The molecule has 84 valence electrons. The van der Waals surface area contributed by atoms with Gasteiger partial charge in [0.15, 0.2) is 0 Å². The minimum atomic E-state index is -0.993. The second kappa shape index (κ2) is 7.37. The molecule has 0 unspecified atom stereocenters. The molecular formula is C12H15N3O. The third-order valence-corrected chi connectivity index (χ3v) is 2.11. The highest BCUT2D eigenvalue weighted by molar-refractivity contribution is 5.84. The Labute approximate surface area is 95.9 Å². The quantitative estimate of drug-likeness (QED) is 0.504. The van der Waals surface area contributed by atoms with Gasteiger partial charge in [0.05, 0.1) is 0 Å². The zero-order valence-corrected chi connectivity index (χ0v) is 9.05. The van der Waals surface area contributed by atoms with Gasteiger partial charge in [-0.3, -0.25) is 4.79 Å². The molecule has 0 aliphatic rings. The highest BCUT2D eigenvalue weighted by Gasteiger charge is 2.33. The fourth-order valence-electron chi connectivity index (χ4n) is 1.27. The lowest BCUT2D eigenvalue weighted by Gasteiger charge is -2.23. The number of hydrogen-bond donors (Lipinski definition) is 3. The van der Waals surface area contributed by atoms with Crippen molar-refractivity contribution in [2.24, 2.45) is 22.6 Å². The molecular weight excluding hydrogens is 202 g/mol. The van der Waals surface area contributed by atoms with Gasteiger partial charge in [0.25, 0.3) is 0 Å². The van der Waals surface area contributed by atoms with Crippen LogP contribution in [0.25, 0.3) is 0 Å². The van der Waals surface area contributed by atoms with Crippen molar-refractivity contribution >= 4 is 5.91 Å². The van der Waals surface area contributed by atoms with Gasteiger partial charge in [-0.25, -0.2) is 0 Å². The Morgan fingerprint density at radius 1 is 1.12 bits per heavy atom. The van der Waals surface area contributed by atoms with Crippen LogP contribution in [0.5, 0.6) is 0 Å². The highest BCUT2D eigenvalue weighted by atomic mass is 16.1. The van der Waals surface area contributed by atoms with Gasteiger partial charge in [-0.2, -0.15) is 0 Å². The molecule has 1 amide bonds. The highest BCUT2D eigenvalue weighted by Crippen LogP contribution is 2.24. The van der Waals surface area contributed by atoms with E-state index in [2.05, 4.69) is 29.6 Å². The molecule has 0 aromatic heterocycles. The fourth-order valence-corrected chi connectivity index (χ4v) is 1.27. The van der Waals surface area contributed by atoms with Gasteiger partial charge in [-0.15, -0.1) is 6.42 Å². The van der Waals surface area contributed by atoms with Crippen molar-refractivity contribution in [1.29, 1.82) is 0 Å². The number of carbonyl (C=O) groups is 1. The van der Waals surface area contributed by atoms with Crippen LogP contribution in [0.2, 0.25) is 0 Å². The maximum atomic E-state index is 11.4. The van der Waals surface area contributed by atoms with Crippen molar-refractivity contribution in [3.8, 4) is 36.0 Å². The van der Waals surface area contributed by atoms with Gasteiger partial charge in [-0.1, -0.05) is 5.92 Å². The van der Waals surface area contributed by atoms with E-state index in [0.717, 1.165) is 0 Å². The summed E-state index contributed by atoms with van der Waals surface area (Å²) >= 11 is 0. The van der Waals surface area contributed by atoms with Crippen molar-refractivity contribution in [1.82, 2.24) is 0 Å². The van der Waals surface area contributed by atoms with E-state index in [1.807, 2.05) is 0 Å². The average Bonchev–Trinajstić information content (AvgIpc) is 2.24. The summed E-state index contributed by atoms with van der Waals surface area (Å²) in [7, 11) is 0. The summed E-state index contributed by atoms with van der Waals surface area (Å²) in [6.45, 7) is 0.611. The first-order valence-electron chi connectivity index (χ1n) is 4.81. The van der Waals surface area contributed by atoms with Crippen molar-refractivity contribution in [2.75, 3.05) is 13.1 Å². The van der Waals surface area contributed by atoms with Gasteiger partial charge < -0.3 is 17.2 Å². The van der Waals surface area contributed by atoms with Crippen LogP contribution in [0.1, 0.15) is 12.8 Å². The minimum absolute atomic E-state index is 0.306. The maximum absolute atomic E-state index is 11.4. The molecule has 0 spiro atoms. The van der Waals surface area contributed by atoms with E-state index in [9.17, 15) is 4.79 Å². The fraction of sp³-hybridized carbons (Fsp3) is 0.417. The van der Waals surface area contributed by atoms with Gasteiger partial charge in [0.1, 0.15) is 5.41 Å². The van der Waals surface area contributed by atoms with Gasteiger partial charge in [-0.05, 0) is 49.6 Å². The molecule has 0 saturated heterocycles. The van der Waals surface area contributed by atoms with E-state index >= 15 is 0 Å². The summed E-state index contributed by atoms with van der Waals surface area (Å²) in [4.78, 5) is 11.4. The van der Waals surface area contributed by atoms with Crippen LogP contribution in [0, 0.1) is 41.4 Å². The smallest absolute Gasteiger partial charge is 0.235 e. The molecule has 0 heterocycles. The van der Waals surface area contributed by atoms with E-state index in [4.69, 9.17) is 23.6 Å². The molecule has 4 heteroatoms. The summed E-state index contributed by atoms with van der Waals surface area (Å²) in [6.07, 6.45) is 5.66. The summed E-state index contributed by atoms with van der Waals surface area (Å²) in [5.41, 5.74) is 15.2. The lowest BCUT2D eigenvalue weighted by Crippen LogP contribution is -2.39. The first-order valence-corrected chi connectivity index (χ1v) is 4.81. The monoisotopic (exact) mass is 217 g/mol. The molecule has 0 atom stereocenters. The summed E-state index contributed by atoms with van der Waals surface area (Å²) in [6, 6.07) is 0. The van der Waals surface area contributed by atoms with Crippen molar-refractivity contribution in [3.63, 3.8) is 0 Å². The molecule has 0 radical (unpaired) electrons. The van der Waals surface area contributed by atoms with Crippen LogP contribution in [0.15, 0.2) is 0 Å². The summed E-state index contributed by atoms with van der Waals surface area (Å²) in [5.74, 6) is 11.6. The minimum Gasteiger partial charge on any atom is -0.368 e. The number of amides is 1. The largest absolute Gasteiger partial charge is 0.368 e. The zero-order valence-electron chi connectivity index (χ0n) is 9.05. The summed E-state index contributed by atoms with van der Waals surface area (Å²) < 4.78 is 0. The van der Waals surface area contributed by atoms with Crippen LogP contribution in [0.3, 0.4) is 0 Å². The maximum Gasteiger partial charge on any atom is 0.235 e. The molecule has 6 N–H and O–H groups in total. The Bertz CT molecular complexity index is 392. The van der Waals surface area contributed by atoms with Crippen LogP contribution >= 0.6 is 0 Å². The zero-order chi connectivity index (χ0) is 12.4. The van der Waals surface area contributed by atoms with Crippen molar-refractivity contribution in [3.05, 3.63) is 0 Å². The van der Waals surface area contributed by atoms with E-state index in [1.165, 1.54) is 0 Å². The molecule has 0 saturated carbocycles. The third kappa shape index (κ3) is 4.07. The number of hydrogen-bond acceptors (Lipinski definition) is 3. The predicted octanol–water partition coefficient (Wildman–Crippen LogP) is -1.20. The molecule has 0 aliphatic heterocycles. The van der Waals surface area contributed by atoms with Gasteiger partial charge >= 0.3 is 0 Å². The predicted molar refractivity (Wildman–Crippen MR) is 63.4 cm³/mol. The van der Waals surface area contributed by atoms with E-state index in [-0.39, 0.29) is 0 Å². The Morgan fingerprint density at radius 3 is 2.06 bits per heavy atom. The Kier molecular flexibility index (Phi) is 6.48. The molecule has 0 aromatic rings. The second-order valence-corrected chi connectivity index (χ2v) is 3.17. The average molecular weight is 217 g/mol.